The van der Waals surface area contributed by atoms with Crippen LogP contribution in [0.3, 0.4) is 0 Å². The highest BCUT2D eigenvalue weighted by Crippen LogP contribution is 2.11. The van der Waals surface area contributed by atoms with E-state index in [1.165, 1.54) is 0 Å². The van der Waals surface area contributed by atoms with Crippen LogP contribution < -0.4 is 0 Å². The summed E-state index contributed by atoms with van der Waals surface area (Å²) >= 11 is 0. The molecule has 4 heteroatoms. The lowest BCUT2D eigenvalue weighted by Gasteiger charge is -2.23. The SMILES string of the molecule is CC(C)(C)OC(=O)O[Si](C)(C)C. The molecule has 0 saturated carbocycles. The maximum absolute atomic E-state index is 11.1. The molecule has 0 rings (SSSR count). The van der Waals surface area contributed by atoms with E-state index in [-0.39, 0.29) is 0 Å². The summed E-state index contributed by atoms with van der Waals surface area (Å²) in [6.45, 7) is 11.3. The molecule has 0 fully saturated rings. The van der Waals surface area contributed by atoms with Crippen LogP contribution in [0.25, 0.3) is 0 Å². The van der Waals surface area contributed by atoms with Crippen molar-refractivity contribution in [2.24, 2.45) is 0 Å². The summed E-state index contributed by atoms with van der Waals surface area (Å²) < 4.78 is 10.1. The van der Waals surface area contributed by atoms with Crippen molar-refractivity contribution in [3.8, 4) is 0 Å². The maximum Gasteiger partial charge on any atom is 0.494 e. The second-order valence-electron chi connectivity index (χ2n) is 4.68. The average Bonchev–Trinajstić information content (AvgIpc) is 1.49. The van der Waals surface area contributed by atoms with E-state index >= 15 is 0 Å². The minimum absolute atomic E-state index is 0.462. The molecule has 0 aliphatic heterocycles. The van der Waals surface area contributed by atoms with E-state index < -0.39 is 20.1 Å². The molecule has 0 aliphatic carbocycles. The van der Waals surface area contributed by atoms with Crippen molar-refractivity contribution < 1.29 is 14.0 Å². The number of rotatable bonds is 1. The fourth-order valence-electron chi connectivity index (χ4n) is 0.521. The minimum Gasteiger partial charge on any atom is -0.490 e. The summed E-state index contributed by atoms with van der Waals surface area (Å²) in [5, 5.41) is 0. The topological polar surface area (TPSA) is 35.5 Å². The van der Waals surface area contributed by atoms with Crippen LogP contribution in [0.5, 0.6) is 0 Å². The molecule has 0 saturated heterocycles. The third-order valence-electron chi connectivity index (χ3n) is 0.779. The Labute approximate surface area is 75.2 Å². The second kappa shape index (κ2) is 3.47. The van der Waals surface area contributed by atoms with E-state index in [1.807, 2.05) is 40.4 Å². The Morgan fingerprint density at radius 3 is 1.83 bits per heavy atom. The van der Waals surface area contributed by atoms with Crippen LogP contribution in [0.1, 0.15) is 20.8 Å². The predicted molar refractivity (Wildman–Crippen MR) is 50.7 cm³/mol. The number of carbonyl (C=O) groups is 1. The molecule has 0 bridgehead atoms. The molecule has 0 amide bonds. The minimum atomic E-state index is -1.79. The van der Waals surface area contributed by atoms with Gasteiger partial charge in [-0.05, 0) is 40.4 Å². The van der Waals surface area contributed by atoms with E-state index in [0.29, 0.717) is 0 Å². The normalized spacial score (nSPS) is 12.5. The molecule has 0 atom stereocenters. The Bertz CT molecular complexity index is 146. The van der Waals surface area contributed by atoms with Crippen molar-refractivity contribution in [1.82, 2.24) is 0 Å². The smallest absolute Gasteiger partial charge is 0.490 e. The highest BCUT2D eigenvalue weighted by Gasteiger charge is 2.24. The van der Waals surface area contributed by atoms with Gasteiger partial charge >= 0.3 is 6.16 Å². The van der Waals surface area contributed by atoms with Gasteiger partial charge in [0.15, 0.2) is 0 Å². The highest BCUT2D eigenvalue weighted by atomic mass is 28.4. The van der Waals surface area contributed by atoms with Gasteiger partial charge in [-0.2, -0.15) is 0 Å². The van der Waals surface area contributed by atoms with Crippen LogP contribution in [-0.4, -0.2) is 20.1 Å². The molecule has 0 spiro atoms. The summed E-state index contributed by atoms with van der Waals surface area (Å²) in [7, 11) is -1.79. The molecule has 0 N–H and O–H groups in total. The molecular formula is C8H18O3Si. The van der Waals surface area contributed by atoms with Crippen LogP contribution in [0.4, 0.5) is 4.79 Å². The number of hydrogen-bond donors (Lipinski definition) is 0. The molecule has 0 aromatic carbocycles. The van der Waals surface area contributed by atoms with Crippen molar-refractivity contribution in [3.05, 3.63) is 0 Å². The van der Waals surface area contributed by atoms with Gasteiger partial charge in [-0.3, -0.25) is 0 Å². The Balaban J connectivity index is 3.92. The van der Waals surface area contributed by atoms with E-state index in [1.54, 1.807) is 0 Å². The quantitative estimate of drug-likeness (QED) is 0.471. The zero-order valence-electron chi connectivity index (χ0n) is 8.72. The highest BCUT2D eigenvalue weighted by molar-refractivity contribution is 6.71. The summed E-state index contributed by atoms with van der Waals surface area (Å²) in [6, 6.07) is 0. The largest absolute Gasteiger partial charge is 0.494 e. The zero-order chi connectivity index (χ0) is 9.99. The first-order valence-electron chi connectivity index (χ1n) is 4.02. The van der Waals surface area contributed by atoms with Gasteiger partial charge in [0.05, 0.1) is 0 Å². The summed E-state index contributed by atoms with van der Waals surface area (Å²) in [5.41, 5.74) is -0.462. The second-order valence-corrected chi connectivity index (χ2v) is 9.11. The van der Waals surface area contributed by atoms with Gasteiger partial charge in [0.1, 0.15) is 5.60 Å². The van der Waals surface area contributed by atoms with Crippen molar-refractivity contribution in [2.75, 3.05) is 0 Å². The third kappa shape index (κ3) is 7.59. The maximum atomic E-state index is 11.1. The predicted octanol–water partition coefficient (Wildman–Crippen LogP) is 2.77. The molecule has 0 unspecified atom stereocenters. The Morgan fingerprint density at radius 2 is 1.58 bits per heavy atom. The van der Waals surface area contributed by atoms with E-state index in [4.69, 9.17) is 9.16 Å². The van der Waals surface area contributed by atoms with Crippen LogP contribution in [0, 0.1) is 0 Å². The Morgan fingerprint density at radius 1 is 1.17 bits per heavy atom. The first-order chi connectivity index (χ1) is 5.10. The average molecular weight is 190 g/mol. The third-order valence-corrected chi connectivity index (χ3v) is 1.56. The van der Waals surface area contributed by atoms with Crippen LogP contribution >= 0.6 is 0 Å². The first kappa shape index (κ1) is 11.5. The zero-order valence-corrected chi connectivity index (χ0v) is 9.72. The van der Waals surface area contributed by atoms with Gasteiger partial charge in [-0.1, -0.05) is 0 Å². The standard InChI is InChI=1S/C8H18O3Si/c1-8(2,3)10-7(9)11-12(4,5)6/h1-6H3. The number of ether oxygens (including phenoxy) is 1. The molecular weight excluding hydrogens is 172 g/mol. The molecule has 0 aromatic rings. The summed E-state index contributed by atoms with van der Waals surface area (Å²) in [4.78, 5) is 11.1. The molecule has 72 valence electrons. The van der Waals surface area contributed by atoms with Crippen molar-refractivity contribution in [3.63, 3.8) is 0 Å². The molecule has 12 heavy (non-hydrogen) atoms. The van der Waals surface area contributed by atoms with Crippen molar-refractivity contribution in [1.29, 1.82) is 0 Å². The van der Waals surface area contributed by atoms with E-state index in [2.05, 4.69) is 0 Å². The van der Waals surface area contributed by atoms with Crippen molar-refractivity contribution in [2.45, 2.75) is 46.0 Å². The fraction of sp³-hybridized carbons (Fsp3) is 0.875. The molecule has 0 aromatic heterocycles. The number of carbonyl (C=O) groups excluding carboxylic acids is 1. The molecule has 0 radical (unpaired) electrons. The van der Waals surface area contributed by atoms with Crippen LogP contribution in [0.15, 0.2) is 0 Å². The lowest BCUT2D eigenvalue weighted by molar-refractivity contribution is 0.0191. The van der Waals surface area contributed by atoms with Gasteiger partial charge in [-0.25, -0.2) is 4.79 Å². The summed E-state index contributed by atoms with van der Waals surface area (Å²) in [5.74, 6) is 0. The number of hydrogen-bond acceptors (Lipinski definition) is 3. The van der Waals surface area contributed by atoms with E-state index in [0.717, 1.165) is 0 Å². The van der Waals surface area contributed by atoms with E-state index in [9.17, 15) is 4.79 Å². The van der Waals surface area contributed by atoms with Crippen molar-refractivity contribution >= 4 is 14.5 Å². The fourth-order valence-corrected chi connectivity index (χ4v) is 1.06. The Hall–Kier alpha value is -0.513. The summed E-state index contributed by atoms with van der Waals surface area (Å²) in [6.07, 6.45) is -0.554. The first-order valence-corrected chi connectivity index (χ1v) is 7.43. The molecule has 0 aliphatic rings. The van der Waals surface area contributed by atoms with Gasteiger partial charge in [0.2, 0.25) is 0 Å². The monoisotopic (exact) mass is 190 g/mol. The molecule has 3 nitrogen and oxygen atoms in total. The molecule has 0 heterocycles. The van der Waals surface area contributed by atoms with Crippen LogP contribution in [0.2, 0.25) is 19.6 Å². The van der Waals surface area contributed by atoms with Gasteiger partial charge in [0.25, 0.3) is 8.32 Å². The van der Waals surface area contributed by atoms with Crippen LogP contribution in [-0.2, 0) is 9.16 Å². The van der Waals surface area contributed by atoms with Gasteiger partial charge < -0.3 is 9.16 Å². The lowest BCUT2D eigenvalue weighted by atomic mass is 10.2. The Kier molecular flexibility index (Phi) is 3.32. The lowest BCUT2D eigenvalue weighted by Crippen LogP contribution is -2.33. The van der Waals surface area contributed by atoms with Gasteiger partial charge in [0, 0.05) is 0 Å². The van der Waals surface area contributed by atoms with Gasteiger partial charge in [-0.15, -0.1) is 0 Å².